The summed E-state index contributed by atoms with van der Waals surface area (Å²) in [6.45, 7) is 5.91. The third kappa shape index (κ3) is 5.01. The molecule has 0 fully saturated rings. The van der Waals surface area contributed by atoms with Crippen molar-refractivity contribution < 1.29 is 0 Å². The Labute approximate surface area is 122 Å². The predicted octanol–water partition coefficient (Wildman–Crippen LogP) is 2.62. The molecule has 0 aliphatic rings. The van der Waals surface area contributed by atoms with Gasteiger partial charge in [-0.25, -0.2) is 0 Å². The Hall–Kier alpha value is -0.770. The van der Waals surface area contributed by atoms with Crippen LogP contribution in [0.25, 0.3) is 0 Å². The molecular weight excluding hydrogens is 258 g/mol. The number of nitrogens with two attached hydrogens (primary N) is 1. The smallest absolute Gasteiger partial charge is 0.0642 e. The molecule has 2 N–H and O–H groups in total. The van der Waals surface area contributed by atoms with Crippen molar-refractivity contribution in [3.8, 4) is 0 Å². The molecule has 0 heterocycles. The molecule has 0 spiro atoms. The third-order valence-corrected chi connectivity index (χ3v) is 3.52. The second-order valence-electron chi connectivity index (χ2n) is 5.02. The molecule has 0 aliphatic carbocycles. The van der Waals surface area contributed by atoms with E-state index in [0.717, 1.165) is 43.2 Å². The number of rotatable bonds is 8. The van der Waals surface area contributed by atoms with Crippen LogP contribution in [0.15, 0.2) is 18.2 Å². The first-order valence-corrected chi connectivity index (χ1v) is 7.35. The Morgan fingerprint density at radius 1 is 1.21 bits per heavy atom. The van der Waals surface area contributed by atoms with Crippen LogP contribution < -0.4 is 10.6 Å². The van der Waals surface area contributed by atoms with Gasteiger partial charge in [0.15, 0.2) is 0 Å². The van der Waals surface area contributed by atoms with E-state index in [1.165, 1.54) is 5.56 Å². The Bertz CT molecular complexity index is 380. The van der Waals surface area contributed by atoms with Crippen LogP contribution in [-0.4, -0.2) is 45.2 Å². The fourth-order valence-electron chi connectivity index (χ4n) is 2.28. The number of halogens is 1. The minimum Gasteiger partial charge on any atom is -0.370 e. The summed E-state index contributed by atoms with van der Waals surface area (Å²) in [5, 5.41) is 0.831. The summed E-state index contributed by atoms with van der Waals surface area (Å²) < 4.78 is 0. The van der Waals surface area contributed by atoms with Crippen molar-refractivity contribution in [3.63, 3.8) is 0 Å². The Balaban J connectivity index is 2.84. The largest absolute Gasteiger partial charge is 0.370 e. The van der Waals surface area contributed by atoms with Crippen molar-refractivity contribution in [3.05, 3.63) is 28.8 Å². The van der Waals surface area contributed by atoms with E-state index in [1.807, 2.05) is 12.1 Å². The lowest BCUT2D eigenvalue weighted by Gasteiger charge is -2.27. The van der Waals surface area contributed by atoms with E-state index >= 15 is 0 Å². The van der Waals surface area contributed by atoms with E-state index in [0.29, 0.717) is 6.54 Å². The van der Waals surface area contributed by atoms with E-state index in [1.54, 1.807) is 0 Å². The SMILES string of the molecule is CCN(CCCN(C)C)c1c(Cl)cccc1CCN. The maximum absolute atomic E-state index is 6.39. The van der Waals surface area contributed by atoms with Crippen molar-refractivity contribution in [2.75, 3.05) is 45.2 Å². The lowest BCUT2D eigenvalue weighted by atomic mass is 10.1. The van der Waals surface area contributed by atoms with Crippen LogP contribution in [0.2, 0.25) is 5.02 Å². The summed E-state index contributed by atoms with van der Waals surface area (Å²) >= 11 is 6.39. The van der Waals surface area contributed by atoms with Crippen molar-refractivity contribution in [1.82, 2.24) is 4.90 Å². The summed E-state index contributed by atoms with van der Waals surface area (Å²) in [4.78, 5) is 4.57. The van der Waals surface area contributed by atoms with Crippen LogP contribution in [0.5, 0.6) is 0 Å². The molecule has 19 heavy (non-hydrogen) atoms. The molecule has 0 amide bonds. The van der Waals surface area contributed by atoms with Crippen LogP contribution in [0, 0.1) is 0 Å². The summed E-state index contributed by atoms with van der Waals surface area (Å²) in [5.41, 5.74) is 8.11. The minimum atomic E-state index is 0.655. The zero-order valence-electron chi connectivity index (χ0n) is 12.3. The van der Waals surface area contributed by atoms with Crippen LogP contribution in [0.3, 0.4) is 0 Å². The predicted molar refractivity (Wildman–Crippen MR) is 85.3 cm³/mol. The van der Waals surface area contributed by atoms with E-state index in [2.05, 4.69) is 36.9 Å². The molecule has 3 nitrogen and oxygen atoms in total. The zero-order valence-corrected chi connectivity index (χ0v) is 13.1. The monoisotopic (exact) mass is 283 g/mol. The zero-order chi connectivity index (χ0) is 14.3. The van der Waals surface area contributed by atoms with E-state index < -0.39 is 0 Å². The lowest BCUT2D eigenvalue weighted by molar-refractivity contribution is 0.400. The van der Waals surface area contributed by atoms with E-state index in [-0.39, 0.29) is 0 Å². The van der Waals surface area contributed by atoms with Crippen LogP contribution >= 0.6 is 11.6 Å². The van der Waals surface area contributed by atoms with Crippen LogP contribution in [-0.2, 0) is 6.42 Å². The highest BCUT2D eigenvalue weighted by molar-refractivity contribution is 6.33. The molecular formula is C15H26ClN3. The molecule has 4 heteroatoms. The number of hydrogen-bond acceptors (Lipinski definition) is 3. The molecule has 1 aromatic carbocycles. The molecule has 0 saturated heterocycles. The maximum Gasteiger partial charge on any atom is 0.0642 e. The van der Waals surface area contributed by atoms with Gasteiger partial charge in [0.2, 0.25) is 0 Å². The van der Waals surface area contributed by atoms with Gasteiger partial charge in [0.1, 0.15) is 0 Å². The van der Waals surface area contributed by atoms with Gasteiger partial charge in [-0.15, -0.1) is 0 Å². The number of benzene rings is 1. The highest BCUT2D eigenvalue weighted by atomic mass is 35.5. The second-order valence-corrected chi connectivity index (χ2v) is 5.43. The van der Waals surface area contributed by atoms with Gasteiger partial charge < -0.3 is 15.5 Å². The molecule has 1 aromatic rings. The van der Waals surface area contributed by atoms with Gasteiger partial charge in [-0.3, -0.25) is 0 Å². The second kappa shape index (κ2) is 8.41. The lowest BCUT2D eigenvalue weighted by Crippen LogP contribution is -2.28. The molecule has 0 bridgehead atoms. The van der Waals surface area contributed by atoms with Gasteiger partial charge in [0.25, 0.3) is 0 Å². The number of anilines is 1. The molecule has 0 atom stereocenters. The Morgan fingerprint density at radius 2 is 1.95 bits per heavy atom. The highest BCUT2D eigenvalue weighted by Gasteiger charge is 2.13. The highest BCUT2D eigenvalue weighted by Crippen LogP contribution is 2.30. The van der Waals surface area contributed by atoms with E-state index in [9.17, 15) is 0 Å². The number of hydrogen-bond donors (Lipinski definition) is 1. The summed E-state index contributed by atoms with van der Waals surface area (Å²) in [6, 6.07) is 6.10. The molecule has 1 rings (SSSR count). The van der Waals surface area contributed by atoms with Crippen molar-refractivity contribution in [2.24, 2.45) is 5.73 Å². The van der Waals surface area contributed by atoms with Gasteiger partial charge in [-0.05, 0) is 58.6 Å². The first-order chi connectivity index (χ1) is 9.10. The summed E-state index contributed by atoms with van der Waals surface area (Å²) in [5.74, 6) is 0. The van der Waals surface area contributed by atoms with Crippen molar-refractivity contribution in [1.29, 1.82) is 0 Å². The van der Waals surface area contributed by atoms with Crippen LogP contribution in [0.4, 0.5) is 5.69 Å². The third-order valence-electron chi connectivity index (χ3n) is 3.22. The van der Waals surface area contributed by atoms with Gasteiger partial charge in [-0.1, -0.05) is 23.7 Å². The van der Waals surface area contributed by atoms with Gasteiger partial charge in [0.05, 0.1) is 10.7 Å². The summed E-state index contributed by atoms with van der Waals surface area (Å²) in [6.07, 6.45) is 2.01. The van der Waals surface area contributed by atoms with E-state index in [4.69, 9.17) is 17.3 Å². The van der Waals surface area contributed by atoms with Crippen molar-refractivity contribution in [2.45, 2.75) is 19.8 Å². The Morgan fingerprint density at radius 3 is 2.53 bits per heavy atom. The first-order valence-electron chi connectivity index (χ1n) is 6.97. The van der Waals surface area contributed by atoms with Crippen LogP contribution in [0.1, 0.15) is 18.9 Å². The number of para-hydroxylation sites is 1. The maximum atomic E-state index is 6.39. The number of nitrogens with zero attached hydrogens (tertiary/aromatic N) is 2. The summed E-state index contributed by atoms with van der Waals surface area (Å²) in [7, 11) is 4.21. The molecule has 0 saturated carbocycles. The normalized spacial score (nSPS) is 11.1. The molecule has 0 unspecified atom stereocenters. The average Bonchev–Trinajstić information content (AvgIpc) is 2.36. The fourth-order valence-corrected chi connectivity index (χ4v) is 2.59. The fraction of sp³-hybridized carbons (Fsp3) is 0.600. The molecule has 0 aliphatic heterocycles. The topological polar surface area (TPSA) is 32.5 Å². The standard InChI is InChI=1S/C15H26ClN3/c1-4-19(12-6-11-18(2)3)15-13(9-10-17)7-5-8-14(15)16/h5,7-8H,4,6,9-12,17H2,1-3H3. The molecule has 0 radical (unpaired) electrons. The molecule has 0 aromatic heterocycles. The van der Waals surface area contributed by atoms with Gasteiger partial charge in [0, 0.05) is 13.1 Å². The molecule has 108 valence electrons. The van der Waals surface area contributed by atoms with Gasteiger partial charge >= 0.3 is 0 Å². The van der Waals surface area contributed by atoms with Gasteiger partial charge in [-0.2, -0.15) is 0 Å². The minimum absolute atomic E-state index is 0.655. The quantitative estimate of drug-likeness (QED) is 0.796. The van der Waals surface area contributed by atoms with Crippen molar-refractivity contribution >= 4 is 17.3 Å². The first kappa shape index (κ1) is 16.3. The Kier molecular flexibility index (Phi) is 7.21. The average molecular weight is 284 g/mol.